The van der Waals surface area contributed by atoms with Crippen LogP contribution in [-0.2, 0) is 4.74 Å². The molecule has 2 aromatic carbocycles. The summed E-state index contributed by atoms with van der Waals surface area (Å²) < 4.78 is 12.4. The second-order valence-electron chi connectivity index (χ2n) is 6.39. The average molecular weight is 416 g/mol. The van der Waals surface area contributed by atoms with E-state index in [2.05, 4.69) is 20.9 Å². The number of ether oxygens (including phenoxy) is 2. The summed E-state index contributed by atoms with van der Waals surface area (Å²) in [5.74, 6) is 0.433. The Morgan fingerprint density at radius 2 is 1.97 bits per heavy atom. The standard InChI is InChI=1S/C20H21N5O3.ClH/c1-27-17-8-6-16(7-9-17)25-13-18(23-24-25)20(26)22-15-4-2-14(3-5-15)19-12-21-10-11-28-19;/h2-9,13,19,21H,10-12H2,1H3,(H,22,26);1H/t19-;/m1./s1. The molecule has 9 heteroatoms. The van der Waals surface area contributed by atoms with Gasteiger partial charge in [0.25, 0.3) is 5.91 Å². The molecule has 4 rings (SSSR count). The molecule has 1 aromatic heterocycles. The van der Waals surface area contributed by atoms with Crippen molar-refractivity contribution in [2.24, 2.45) is 0 Å². The first-order valence-electron chi connectivity index (χ1n) is 9.03. The van der Waals surface area contributed by atoms with Crippen LogP contribution in [0.4, 0.5) is 5.69 Å². The fourth-order valence-electron chi connectivity index (χ4n) is 2.98. The highest BCUT2D eigenvalue weighted by atomic mass is 35.5. The van der Waals surface area contributed by atoms with E-state index in [1.54, 1.807) is 18.0 Å². The molecule has 0 aliphatic carbocycles. The van der Waals surface area contributed by atoms with Crippen LogP contribution in [0.2, 0.25) is 0 Å². The Balaban J connectivity index is 0.00000240. The molecule has 29 heavy (non-hydrogen) atoms. The van der Waals surface area contributed by atoms with E-state index in [-0.39, 0.29) is 30.1 Å². The van der Waals surface area contributed by atoms with Crippen LogP contribution in [0.25, 0.3) is 5.69 Å². The number of halogens is 1. The molecule has 1 fully saturated rings. The second kappa shape index (κ2) is 9.51. The number of aromatic nitrogens is 3. The molecule has 1 amide bonds. The Hall–Kier alpha value is -2.94. The minimum Gasteiger partial charge on any atom is -0.497 e. The summed E-state index contributed by atoms with van der Waals surface area (Å²) in [7, 11) is 1.61. The molecule has 0 radical (unpaired) electrons. The molecular weight excluding hydrogens is 394 g/mol. The van der Waals surface area contributed by atoms with Crippen molar-refractivity contribution in [1.82, 2.24) is 20.3 Å². The third-order valence-electron chi connectivity index (χ3n) is 4.53. The van der Waals surface area contributed by atoms with Crippen LogP contribution in [0.3, 0.4) is 0 Å². The van der Waals surface area contributed by atoms with Gasteiger partial charge in [-0.1, -0.05) is 17.3 Å². The van der Waals surface area contributed by atoms with Gasteiger partial charge in [-0.25, -0.2) is 4.68 Å². The van der Waals surface area contributed by atoms with Crippen molar-refractivity contribution >= 4 is 24.0 Å². The maximum Gasteiger partial charge on any atom is 0.277 e. The number of morpholine rings is 1. The van der Waals surface area contributed by atoms with E-state index < -0.39 is 0 Å². The number of methoxy groups -OCH3 is 1. The van der Waals surface area contributed by atoms with E-state index in [0.29, 0.717) is 12.3 Å². The summed E-state index contributed by atoms with van der Waals surface area (Å²) in [6, 6.07) is 15.0. The van der Waals surface area contributed by atoms with Gasteiger partial charge in [0.1, 0.15) is 5.75 Å². The monoisotopic (exact) mass is 415 g/mol. The molecule has 2 N–H and O–H groups in total. The normalized spacial score (nSPS) is 16.0. The number of rotatable bonds is 5. The molecule has 1 saturated heterocycles. The van der Waals surface area contributed by atoms with Gasteiger partial charge in [0, 0.05) is 18.8 Å². The van der Waals surface area contributed by atoms with Crippen molar-refractivity contribution < 1.29 is 14.3 Å². The number of hydrogen-bond donors (Lipinski definition) is 2. The van der Waals surface area contributed by atoms with Crippen LogP contribution < -0.4 is 15.4 Å². The van der Waals surface area contributed by atoms with Crippen molar-refractivity contribution in [3.8, 4) is 11.4 Å². The Kier molecular flexibility index (Phi) is 6.82. The van der Waals surface area contributed by atoms with E-state index in [1.165, 1.54) is 0 Å². The van der Waals surface area contributed by atoms with Gasteiger partial charge in [0.2, 0.25) is 0 Å². The summed E-state index contributed by atoms with van der Waals surface area (Å²) >= 11 is 0. The van der Waals surface area contributed by atoms with Crippen LogP contribution >= 0.6 is 12.4 Å². The van der Waals surface area contributed by atoms with Gasteiger partial charge in [0.15, 0.2) is 5.69 Å². The third-order valence-corrected chi connectivity index (χ3v) is 4.53. The fraction of sp³-hybridized carbons (Fsp3) is 0.250. The lowest BCUT2D eigenvalue weighted by Gasteiger charge is -2.24. The van der Waals surface area contributed by atoms with Crippen LogP contribution in [-0.4, -0.2) is 47.7 Å². The van der Waals surface area contributed by atoms with Gasteiger partial charge in [-0.15, -0.1) is 17.5 Å². The first-order valence-corrected chi connectivity index (χ1v) is 9.03. The van der Waals surface area contributed by atoms with Gasteiger partial charge >= 0.3 is 0 Å². The molecule has 0 unspecified atom stereocenters. The molecule has 1 atom stereocenters. The minimum absolute atomic E-state index is 0. The zero-order valence-electron chi connectivity index (χ0n) is 15.9. The maximum absolute atomic E-state index is 12.5. The predicted molar refractivity (Wildman–Crippen MR) is 111 cm³/mol. The van der Waals surface area contributed by atoms with Crippen LogP contribution in [0.1, 0.15) is 22.2 Å². The Bertz CT molecular complexity index is 938. The highest BCUT2D eigenvalue weighted by Crippen LogP contribution is 2.21. The summed E-state index contributed by atoms with van der Waals surface area (Å²) in [6.45, 7) is 2.37. The topological polar surface area (TPSA) is 90.3 Å². The molecule has 3 aromatic rings. The Morgan fingerprint density at radius 3 is 2.62 bits per heavy atom. The van der Waals surface area contributed by atoms with Gasteiger partial charge in [-0.05, 0) is 42.0 Å². The summed E-state index contributed by atoms with van der Waals surface area (Å²) in [6.07, 6.45) is 1.63. The molecule has 0 saturated carbocycles. The molecule has 0 bridgehead atoms. The molecule has 0 spiro atoms. The second-order valence-corrected chi connectivity index (χ2v) is 6.39. The highest BCUT2D eigenvalue weighted by molar-refractivity contribution is 6.02. The number of hydrogen-bond acceptors (Lipinski definition) is 6. The zero-order chi connectivity index (χ0) is 19.3. The number of nitrogens with one attached hydrogen (secondary N) is 2. The lowest BCUT2D eigenvalue weighted by Crippen LogP contribution is -2.33. The van der Waals surface area contributed by atoms with Crippen LogP contribution in [0, 0.1) is 0 Å². The zero-order valence-corrected chi connectivity index (χ0v) is 16.7. The van der Waals surface area contributed by atoms with Crippen molar-refractivity contribution in [1.29, 1.82) is 0 Å². The third kappa shape index (κ3) is 4.92. The van der Waals surface area contributed by atoms with E-state index >= 15 is 0 Å². The Morgan fingerprint density at radius 1 is 1.21 bits per heavy atom. The molecule has 1 aliphatic heterocycles. The van der Waals surface area contributed by atoms with E-state index in [0.717, 1.165) is 30.1 Å². The van der Waals surface area contributed by atoms with Gasteiger partial charge in [-0.2, -0.15) is 0 Å². The molecule has 152 valence electrons. The minimum atomic E-state index is -0.317. The highest BCUT2D eigenvalue weighted by Gasteiger charge is 2.16. The quantitative estimate of drug-likeness (QED) is 0.665. The van der Waals surface area contributed by atoms with Crippen molar-refractivity contribution in [2.75, 3.05) is 32.1 Å². The number of nitrogens with zero attached hydrogens (tertiary/aromatic N) is 3. The first kappa shape index (κ1) is 20.8. The largest absolute Gasteiger partial charge is 0.497 e. The molecule has 2 heterocycles. The summed E-state index contributed by atoms with van der Waals surface area (Å²) in [5.41, 5.74) is 2.80. The van der Waals surface area contributed by atoms with Gasteiger partial charge in [-0.3, -0.25) is 4.79 Å². The van der Waals surface area contributed by atoms with E-state index in [1.807, 2.05) is 48.5 Å². The first-order chi connectivity index (χ1) is 13.7. The van der Waals surface area contributed by atoms with Gasteiger partial charge in [0.05, 0.1) is 31.7 Å². The summed E-state index contributed by atoms with van der Waals surface area (Å²) in [5, 5.41) is 14.1. The molecular formula is C20H22ClN5O3. The summed E-state index contributed by atoms with van der Waals surface area (Å²) in [4.78, 5) is 12.5. The van der Waals surface area contributed by atoms with Crippen LogP contribution in [0.5, 0.6) is 5.75 Å². The van der Waals surface area contributed by atoms with E-state index in [9.17, 15) is 4.79 Å². The molecule has 1 aliphatic rings. The number of benzene rings is 2. The van der Waals surface area contributed by atoms with E-state index in [4.69, 9.17) is 9.47 Å². The van der Waals surface area contributed by atoms with Crippen molar-refractivity contribution in [2.45, 2.75) is 6.10 Å². The Labute approximate surface area is 174 Å². The van der Waals surface area contributed by atoms with Gasteiger partial charge < -0.3 is 20.1 Å². The number of amides is 1. The maximum atomic E-state index is 12.5. The number of anilines is 1. The lowest BCUT2D eigenvalue weighted by atomic mass is 10.1. The van der Waals surface area contributed by atoms with Crippen LogP contribution in [0.15, 0.2) is 54.7 Å². The number of carbonyl (C=O) groups excluding carboxylic acids is 1. The SMILES string of the molecule is COc1ccc(-n2cc(C(=O)Nc3ccc([C@H]4CNCCO4)cc3)nn2)cc1.Cl. The number of carbonyl (C=O) groups is 1. The predicted octanol–water partition coefficient (Wildman–Crippen LogP) is 2.61. The van der Waals surface area contributed by atoms with Crippen molar-refractivity contribution in [3.05, 3.63) is 66.0 Å². The van der Waals surface area contributed by atoms with Crippen molar-refractivity contribution in [3.63, 3.8) is 0 Å². The molecule has 8 nitrogen and oxygen atoms in total. The average Bonchev–Trinajstić information content (AvgIpc) is 3.25. The lowest BCUT2D eigenvalue weighted by molar-refractivity contribution is 0.0277. The fourth-order valence-corrected chi connectivity index (χ4v) is 2.98. The smallest absolute Gasteiger partial charge is 0.277 e.